The Morgan fingerprint density at radius 2 is 1.00 bits per heavy atom. The van der Waals surface area contributed by atoms with Crippen molar-refractivity contribution in [1.82, 2.24) is 0 Å². The summed E-state index contributed by atoms with van der Waals surface area (Å²) in [6.07, 6.45) is 14.6. The van der Waals surface area contributed by atoms with Crippen molar-refractivity contribution in [3.8, 4) is 0 Å². The number of ether oxygens (including phenoxy) is 2. The molecule has 2 heteroatoms. The number of hydrogen-bond donors (Lipinski definition) is 0. The van der Waals surface area contributed by atoms with Gasteiger partial charge in [0.25, 0.3) is 0 Å². The Bertz CT molecular complexity index is 157. The molecule has 2 nitrogen and oxygen atoms in total. The predicted octanol–water partition coefficient (Wildman–Crippen LogP) is 3.38. The van der Waals surface area contributed by atoms with Crippen molar-refractivity contribution < 1.29 is 9.47 Å². The van der Waals surface area contributed by atoms with Gasteiger partial charge in [-0.25, -0.2) is 0 Å². The van der Waals surface area contributed by atoms with Gasteiger partial charge in [0.2, 0.25) is 0 Å². The van der Waals surface area contributed by atoms with Crippen LogP contribution in [0.25, 0.3) is 0 Å². The minimum absolute atomic E-state index is 0.457. The molecule has 14 heavy (non-hydrogen) atoms. The fourth-order valence-electron chi connectivity index (χ4n) is 2.34. The molecule has 0 radical (unpaired) electrons. The Hall–Kier alpha value is -0.660. The van der Waals surface area contributed by atoms with Gasteiger partial charge in [-0.2, -0.15) is 0 Å². The maximum Gasteiger partial charge on any atom is 0.118 e. The van der Waals surface area contributed by atoms with E-state index in [0.29, 0.717) is 12.2 Å². The molecule has 0 spiro atoms. The Morgan fingerprint density at radius 3 is 1.36 bits per heavy atom. The first-order chi connectivity index (χ1) is 6.95. The molecule has 0 amide bonds. The van der Waals surface area contributed by atoms with Crippen molar-refractivity contribution in [3.63, 3.8) is 0 Å². The fraction of sp³-hybridized carbons (Fsp3) is 0.833. The second-order valence-electron chi connectivity index (χ2n) is 4.36. The molecular formula is C12H20O2. The van der Waals surface area contributed by atoms with E-state index in [1.54, 1.807) is 12.5 Å². The van der Waals surface area contributed by atoms with Crippen molar-refractivity contribution in [2.24, 2.45) is 0 Å². The molecule has 0 aromatic rings. The molecule has 2 aliphatic carbocycles. The molecule has 0 atom stereocenters. The van der Waals surface area contributed by atoms with Gasteiger partial charge in [-0.3, -0.25) is 0 Å². The summed E-state index contributed by atoms with van der Waals surface area (Å²) < 4.78 is 11.1. The molecule has 2 aliphatic rings. The maximum atomic E-state index is 5.56. The van der Waals surface area contributed by atoms with Gasteiger partial charge >= 0.3 is 0 Å². The minimum atomic E-state index is 0.457. The van der Waals surface area contributed by atoms with Crippen molar-refractivity contribution in [2.45, 2.75) is 63.6 Å². The summed E-state index contributed by atoms with van der Waals surface area (Å²) >= 11 is 0. The summed E-state index contributed by atoms with van der Waals surface area (Å²) in [5.41, 5.74) is 0. The average Bonchev–Trinajstić information content (AvgIpc) is 2.86. The predicted molar refractivity (Wildman–Crippen MR) is 55.8 cm³/mol. The van der Waals surface area contributed by atoms with Crippen LogP contribution in [-0.4, -0.2) is 12.2 Å². The average molecular weight is 196 g/mol. The second-order valence-corrected chi connectivity index (χ2v) is 4.36. The van der Waals surface area contributed by atoms with Crippen LogP contribution in [0.5, 0.6) is 0 Å². The van der Waals surface area contributed by atoms with Crippen LogP contribution in [0.2, 0.25) is 0 Å². The van der Waals surface area contributed by atoms with Gasteiger partial charge in [0.15, 0.2) is 0 Å². The van der Waals surface area contributed by atoms with Crippen molar-refractivity contribution in [2.75, 3.05) is 0 Å². The van der Waals surface area contributed by atoms with Crippen LogP contribution in [0.4, 0.5) is 0 Å². The van der Waals surface area contributed by atoms with Crippen molar-refractivity contribution in [1.29, 1.82) is 0 Å². The first-order valence-corrected chi connectivity index (χ1v) is 5.91. The SMILES string of the molecule is C(=COC1CCCC1)OC1CCCC1. The molecule has 0 aromatic heterocycles. The zero-order chi connectivity index (χ0) is 9.64. The zero-order valence-electron chi connectivity index (χ0n) is 8.78. The van der Waals surface area contributed by atoms with Crippen LogP contribution in [-0.2, 0) is 9.47 Å². The molecule has 0 N–H and O–H groups in total. The van der Waals surface area contributed by atoms with Crippen LogP contribution < -0.4 is 0 Å². The topological polar surface area (TPSA) is 18.5 Å². The van der Waals surface area contributed by atoms with E-state index in [1.165, 1.54) is 51.4 Å². The minimum Gasteiger partial charge on any atom is -0.495 e. The van der Waals surface area contributed by atoms with Gasteiger partial charge in [-0.15, -0.1) is 0 Å². The lowest BCUT2D eigenvalue weighted by Gasteiger charge is -2.10. The van der Waals surface area contributed by atoms with E-state index in [0.717, 1.165) is 0 Å². The molecule has 2 rings (SSSR count). The Morgan fingerprint density at radius 1 is 0.643 bits per heavy atom. The fourth-order valence-corrected chi connectivity index (χ4v) is 2.34. The maximum absolute atomic E-state index is 5.56. The first-order valence-electron chi connectivity index (χ1n) is 5.91. The lowest BCUT2D eigenvalue weighted by molar-refractivity contribution is 0.113. The molecule has 0 saturated heterocycles. The van der Waals surface area contributed by atoms with Gasteiger partial charge in [0.1, 0.15) is 12.5 Å². The Balaban J connectivity index is 1.57. The highest BCUT2D eigenvalue weighted by Gasteiger charge is 2.15. The molecule has 0 unspecified atom stereocenters. The normalized spacial score (nSPS) is 24.9. The second kappa shape index (κ2) is 5.28. The third-order valence-electron chi connectivity index (χ3n) is 3.20. The third-order valence-corrected chi connectivity index (χ3v) is 3.20. The van der Waals surface area contributed by atoms with Gasteiger partial charge < -0.3 is 9.47 Å². The molecule has 0 aliphatic heterocycles. The molecule has 0 aromatic carbocycles. The van der Waals surface area contributed by atoms with Crippen LogP contribution in [0, 0.1) is 0 Å². The third kappa shape index (κ3) is 2.93. The molecule has 2 fully saturated rings. The van der Waals surface area contributed by atoms with Gasteiger partial charge in [0.05, 0.1) is 12.2 Å². The lowest BCUT2D eigenvalue weighted by Crippen LogP contribution is -2.04. The van der Waals surface area contributed by atoms with E-state index in [-0.39, 0.29) is 0 Å². The highest BCUT2D eigenvalue weighted by molar-refractivity contribution is 4.74. The van der Waals surface area contributed by atoms with E-state index in [4.69, 9.17) is 9.47 Å². The molecular weight excluding hydrogens is 176 g/mol. The van der Waals surface area contributed by atoms with Crippen molar-refractivity contribution >= 4 is 0 Å². The smallest absolute Gasteiger partial charge is 0.118 e. The Labute approximate surface area is 86.3 Å². The van der Waals surface area contributed by atoms with E-state index >= 15 is 0 Å². The summed E-state index contributed by atoms with van der Waals surface area (Å²) in [5, 5.41) is 0. The highest BCUT2D eigenvalue weighted by Crippen LogP contribution is 2.22. The first kappa shape index (κ1) is 9.88. The summed E-state index contributed by atoms with van der Waals surface area (Å²) in [5.74, 6) is 0. The number of hydrogen-bond acceptors (Lipinski definition) is 2. The summed E-state index contributed by atoms with van der Waals surface area (Å²) in [6, 6.07) is 0. The Kier molecular flexibility index (Phi) is 3.72. The van der Waals surface area contributed by atoms with E-state index in [2.05, 4.69) is 0 Å². The summed E-state index contributed by atoms with van der Waals surface area (Å²) in [4.78, 5) is 0. The van der Waals surface area contributed by atoms with Crippen LogP contribution in [0.1, 0.15) is 51.4 Å². The van der Waals surface area contributed by atoms with E-state index in [9.17, 15) is 0 Å². The molecule has 80 valence electrons. The largest absolute Gasteiger partial charge is 0.495 e. The monoisotopic (exact) mass is 196 g/mol. The zero-order valence-corrected chi connectivity index (χ0v) is 8.78. The molecule has 2 saturated carbocycles. The van der Waals surface area contributed by atoms with Gasteiger partial charge in [0, 0.05) is 0 Å². The standard InChI is InChI=1S/C12H20O2/c1-2-6-11(5-1)13-9-10-14-12-7-3-4-8-12/h9-12H,1-8H2. The number of rotatable bonds is 4. The highest BCUT2D eigenvalue weighted by atomic mass is 16.5. The van der Waals surface area contributed by atoms with E-state index < -0.39 is 0 Å². The van der Waals surface area contributed by atoms with Crippen LogP contribution in [0.3, 0.4) is 0 Å². The lowest BCUT2D eigenvalue weighted by atomic mass is 10.3. The van der Waals surface area contributed by atoms with Gasteiger partial charge in [-0.1, -0.05) is 0 Å². The van der Waals surface area contributed by atoms with Crippen LogP contribution >= 0.6 is 0 Å². The quantitative estimate of drug-likeness (QED) is 0.642. The summed E-state index contributed by atoms with van der Waals surface area (Å²) in [7, 11) is 0. The molecule has 0 bridgehead atoms. The van der Waals surface area contributed by atoms with Gasteiger partial charge in [-0.05, 0) is 51.4 Å². The van der Waals surface area contributed by atoms with E-state index in [1.807, 2.05) is 0 Å². The summed E-state index contributed by atoms with van der Waals surface area (Å²) in [6.45, 7) is 0. The van der Waals surface area contributed by atoms with Crippen LogP contribution in [0.15, 0.2) is 12.5 Å². The molecule has 0 heterocycles. The van der Waals surface area contributed by atoms with Crippen molar-refractivity contribution in [3.05, 3.63) is 12.5 Å².